The number of carbonyl (C=O) groups excluding carboxylic acids is 1. The van der Waals surface area contributed by atoms with Gasteiger partial charge in [-0.3, -0.25) is 4.98 Å². The van der Waals surface area contributed by atoms with E-state index >= 15 is 0 Å². The van der Waals surface area contributed by atoms with Gasteiger partial charge in [0.15, 0.2) is 0 Å². The molecule has 6 heteroatoms. The molecule has 1 aliphatic rings. The van der Waals surface area contributed by atoms with E-state index in [0.29, 0.717) is 12.1 Å². The largest absolute Gasteiger partial charge is 0.465 e. The Bertz CT molecular complexity index is 372. The number of rotatable bonds is 1. The summed E-state index contributed by atoms with van der Waals surface area (Å²) in [4.78, 5) is 15.7. The number of nitrogens with zero attached hydrogens (tertiary/aromatic N) is 1. The average molecular weight is 265 g/mol. The van der Waals surface area contributed by atoms with Crippen molar-refractivity contribution in [2.75, 3.05) is 13.7 Å². The van der Waals surface area contributed by atoms with E-state index in [1.165, 1.54) is 7.11 Å². The Morgan fingerprint density at radius 1 is 1.50 bits per heavy atom. The molecule has 0 amide bonds. The van der Waals surface area contributed by atoms with E-state index < -0.39 is 0 Å². The molecule has 16 heavy (non-hydrogen) atoms. The van der Waals surface area contributed by atoms with Crippen molar-refractivity contribution in [2.24, 2.45) is 0 Å². The minimum Gasteiger partial charge on any atom is -0.465 e. The number of pyridine rings is 1. The lowest BCUT2D eigenvalue weighted by molar-refractivity contribution is 0.0598. The Hall–Kier alpha value is -0.840. The Balaban J connectivity index is 0.00000112. The van der Waals surface area contributed by atoms with Gasteiger partial charge in [0.2, 0.25) is 0 Å². The van der Waals surface area contributed by atoms with Gasteiger partial charge >= 0.3 is 5.97 Å². The van der Waals surface area contributed by atoms with Gasteiger partial charge in [0, 0.05) is 37.0 Å². The molecular formula is C10H14Cl2N2O2. The second-order valence-electron chi connectivity index (χ2n) is 3.20. The Kier molecular flexibility index (Phi) is 6.33. The van der Waals surface area contributed by atoms with Gasteiger partial charge in [-0.25, -0.2) is 4.79 Å². The average Bonchev–Trinajstić information content (AvgIpc) is 2.27. The van der Waals surface area contributed by atoms with Crippen LogP contribution in [0.4, 0.5) is 0 Å². The number of esters is 1. The molecule has 0 unspecified atom stereocenters. The van der Waals surface area contributed by atoms with Crippen LogP contribution in [-0.4, -0.2) is 24.6 Å². The number of hydrogen-bond donors (Lipinski definition) is 1. The van der Waals surface area contributed by atoms with Crippen molar-refractivity contribution < 1.29 is 9.53 Å². The number of carbonyl (C=O) groups is 1. The summed E-state index contributed by atoms with van der Waals surface area (Å²) in [5.41, 5.74) is 2.61. The lowest BCUT2D eigenvalue weighted by Crippen LogP contribution is -2.26. The Morgan fingerprint density at radius 3 is 2.94 bits per heavy atom. The molecule has 90 valence electrons. The Morgan fingerprint density at radius 2 is 2.25 bits per heavy atom. The molecule has 2 rings (SSSR count). The number of halogens is 2. The predicted octanol–water partition coefficient (Wildman–Crippen LogP) is 1.36. The summed E-state index contributed by atoms with van der Waals surface area (Å²) in [5, 5.41) is 3.21. The summed E-state index contributed by atoms with van der Waals surface area (Å²) >= 11 is 0. The van der Waals surface area contributed by atoms with Gasteiger partial charge in [-0.1, -0.05) is 0 Å². The fraction of sp³-hybridized carbons (Fsp3) is 0.400. The second-order valence-corrected chi connectivity index (χ2v) is 3.20. The molecule has 0 saturated heterocycles. The van der Waals surface area contributed by atoms with Gasteiger partial charge in [-0.15, -0.1) is 24.8 Å². The maximum atomic E-state index is 11.4. The normalized spacial score (nSPS) is 12.8. The lowest BCUT2D eigenvalue weighted by atomic mass is 10.0. The van der Waals surface area contributed by atoms with Crippen LogP contribution in [-0.2, 0) is 17.7 Å². The van der Waals surface area contributed by atoms with Gasteiger partial charge in [0.1, 0.15) is 0 Å². The van der Waals surface area contributed by atoms with Crippen molar-refractivity contribution in [3.05, 3.63) is 29.1 Å². The summed E-state index contributed by atoms with van der Waals surface area (Å²) in [7, 11) is 1.39. The minimum atomic E-state index is -0.285. The van der Waals surface area contributed by atoms with Crippen LogP contribution in [0.2, 0.25) is 0 Å². The van der Waals surface area contributed by atoms with Crippen LogP contribution < -0.4 is 5.32 Å². The van der Waals surface area contributed by atoms with Crippen LogP contribution in [0.25, 0.3) is 0 Å². The molecule has 2 heterocycles. The smallest absolute Gasteiger partial charge is 0.338 e. The molecule has 0 atom stereocenters. The number of fused-ring (bicyclic) bond motifs is 1. The molecule has 0 bridgehead atoms. The van der Waals surface area contributed by atoms with Crippen molar-refractivity contribution in [3.63, 3.8) is 0 Å². The number of methoxy groups -OCH3 is 1. The second kappa shape index (κ2) is 6.68. The van der Waals surface area contributed by atoms with E-state index in [1.54, 1.807) is 12.3 Å². The first-order chi connectivity index (χ1) is 6.83. The molecule has 1 N–H and O–H groups in total. The first-order valence-corrected chi connectivity index (χ1v) is 4.58. The first-order valence-electron chi connectivity index (χ1n) is 4.58. The maximum absolute atomic E-state index is 11.4. The number of aromatic nitrogens is 1. The van der Waals surface area contributed by atoms with Crippen LogP contribution in [0.15, 0.2) is 12.3 Å². The first kappa shape index (κ1) is 15.2. The van der Waals surface area contributed by atoms with Gasteiger partial charge in [-0.2, -0.15) is 0 Å². The van der Waals surface area contributed by atoms with Crippen LogP contribution in [0.3, 0.4) is 0 Å². The van der Waals surface area contributed by atoms with E-state index in [-0.39, 0.29) is 30.8 Å². The number of ether oxygens (including phenoxy) is 1. The van der Waals surface area contributed by atoms with Crippen LogP contribution in [0, 0.1) is 0 Å². The monoisotopic (exact) mass is 264 g/mol. The van der Waals surface area contributed by atoms with E-state index in [9.17, 15) is 4.79 Å². The number of hydrogen-bond acceptors (Lipinski definition) is 4. The molecule has 4 nitrogen and oxygen atoms in total. The third-order valence-electron chi connectivity index (χ3n) is 2.39. The zero-order chi connectivity index (χ0) is 9.97. The highest BCUT2D eigenvalue weighted by Gasteiger charge is 2.18. The predicted molar refractivity (Wildman–Crippen MR) is 65.5 cm³/mol. The van der Waals surface area contributed by atoms with Crippen LogP contribution >= 0.6 is 24.8 Å². The third kappa shape index (κ3) is 2.84. The zero-order valence-electron chi connectivity index (χ0n) is 8.86. The van der Waals surface area contributed by atoms with Gasteiger partial charge in [-0.05, 0) is 6.07 Å². The molecule has 0 saturated carbocycles. The van der Waals surface area contributed by atoms with E-state index in [0.717, 1.165) is 24.2 Å². The highest BCUT2D eigenvalue weighted by atomic mass is 35.5. The maximum Gasteiger partial charge on any atom is 0.338 e. The van der Waals surface area contributed by atoms with Crippen LogP contribution in [0.1, 0.15) is 21.6 Å². The molecule has 1 aromatic rings. The molecule has 1 aliphatic heterocycles. The van der Waals surface area contributed by atoms with E-state index in [1.807, 2.05) is 0 Å². The molecule has 0 aliphatic carbocycles. The van der Waals surface area contributed by atoms with E-state index in [2.05, 4.69) is 10.3 Å². The van der Waals surface area contributed by atoms with Gasteiger partial charge in [0.05, 0.1) is 12.7 Å². The van der Waals surface area contributed by atoms with Crippen molar-refractivity contribution in [3.8, 4) is 0 Å². The lowest BCUT2D eigenvalue weighted by Gasteiger charge is -2.17. The minimum absolute atomic E-state index is 0. The highest BCUT2D eigenvalue weighted by molar-refractivity contribution is 5.91. The molecule has 0 spiro atoms. The topological polar surface area (TPSA) is 51.2 Å². The molecule has 0 radical (unpaired) electrons. The van der Waals surface area contributed by atoms with Gasteiger partial charge < -0.3 is 10.1 Å². The quantitative estimate of drug-likeness (QED) is 0.779. The summed E-state index contributed by atoms with van der Waals surface area (Å²) in [6, 6.07) is 1.71. The summed E-state index contributed by atoms with van der Waals surface area (Å²) < 4.78 is 4.71. The molecular weight excluding hydrogens is 251 g/mol. The van der Waals surface area contributed by atoms with Crippen molar-refractivity contribution in [1.82, 2.24) is 10.3 Å². The summed E-state index contributed by atoms with van der Waals surface area (Å²) in [6.07, 6.45) is 2.54. The molecule has 0 fully saturated rings. The van der Waals surface area contributed by atoms with Crippen molar-refractivity contribution >= 4 is 30.8 Å². The third-order valence-corrected chi connectivity index (χ3v) is 2.39. The SMILES string of the molecule is COC(=O)c1ccnc2c1CNCC2.Cl.Cl. The number of nitrogens with one attached hydrogen (secondary N) is 1. The fourth-order valence-corrected chi connectivity index (χ4v) is 1.67. The summed E-state index contributed by atoms with van der Waals surface area (Å²) in [6.45, 7) is 1.62. The van der Waals surface area contributed by atoms with Crippen molar-refractivity contribution in [1.29, 1.82) is 0 Å². The van der Waals surface area contributed by atoms with Crippen LogP contribution in [0.5, 0.6) is 0 Å². The highest BCUT2D eigenvalue weighted by Crippen LogP contribution is 2.16. The van der Waals surface area contributed by atoms with Gasteiger partial charge in [0.25, 0.3) is 0 Å². The van der Waals surface area contributed by atoms with E-state index in [4.69, 9.17) is 4.74 Å². The fourth-order valence-electron chi connectivity index (χ4n) is 1.67. The zero-order valence-corrected chi connectivity index (χ0v) is 10.5. The Labute approximate surface area is 107 Å². The van der Waals surface area contributed by atoms with Crippen molar-refractivity contribution in [2.45, 2.75) is 13.0 Å². The molecule has 0 aromatic carbocycles. The standard InChI is InChI=1S/C10H12N2O2.2ClH/c1-14-10(13)7-2-5-12-9-3-4-11-6-8(7)9;;/h2,5,11H,3-4,6H2,1H3;2*1H. The molecule has 1 aromatic heterocycles. The summed E-state index contributed by atoms with van der Waals surface area (Å²) in [5.74, 6) is -0.285.